The van der Waals surface area contributed by atoms with Crippen LogP contribution in [0.3, 0.4) is 0 Å². The molecule has 1 aliphatic rings. The van der Waals surface area contributed by atoms with Crippen LogP contribution in [0.25, 0.3) is 22.3 Å². The predicted molar refractivity (Wildman–Crippen MR) is 114 cm³/mol. The minimum Gasteiger partial charge on any atom is -0.363 e. The van der Waals surface area contributed by atoms with Gasteiger partial charge in [-0.05, 0) is 49.4 Å². The lowest BCUT2D eigenvalue weighted by Gasteiger charge is -2.27. The highest BCUT2D eigenvalue weighted by molar-refractivity contribution is 5.86. The summed E-state index contributed by atoms with van der Waals surface area (Å²) in [7, 11) is 2.10. The molecule has 2 aromatic carbocycles. The van der Waals surface area contributed by atoms with Crippen LogP contribution in [0.2, 0.25) is 0 Å². The molecule has 0 bridgehead atoms. The number of para-hydroxylation sites is 1. The topological polar surface area (TPSA) is 42.7 Å². The van der Waals surface area contributed by atoms with Crippen molar-refractivity contribution in [2.24, 2.45) is 7.05 Å². The van der Waals surface area contributed by atoms with Crippen LogP contribution in [-0.2, 0) is 13.5 Å². The van der Waals surface area contributed by atoms with E-state index in [4.69, 9.17) is 4.98 Å². The van der Waals surface area contributed by atoms with Crippen LogP contribution in [0, 0.1) is 6.92 Å². The Kier molecular flexibility index (Phi) is 4.12. The monoisotopic (exact) mass is 368 g/mol. The molecule has 0 spiro atoms. The van der Waals surface area contributed by atoms with Gasteiger partial charge in [-0.15, -0.1) is 0 Å². The molecule has 5 rings (SSSR count). The fourth-order valence-electron chi connectivity index (χ4n) is 4.39. The molecular weight excluding hydrogens is 344 g/mol. The van der Waals surface area contributed by atoms with Gasteiger partial charge >= 0.3 is 0 Å². The van der Waals surface area contributed by atoms with E-state index in [1.165, 1.54) is 34.9 Å². The fourth-order valence-corrected chi connectivity index (χ4v) is 4.39. The number of hydrogen-bond donors (Lipinski definition) is 1. The molecule has 4 nitrogen and oxygen atoms in total. The Bertz CT molecular complexity index is 1160. The van der Waals surface area contributed by atoms with E-state index in [2.05, 4.69) is 82.6 Å². The molecule has 0 amide bonds. The summed E-state index contributed by atoms with van der Waals surface area (Å²) in [6, 6.07) is 21.8. The summed E-state index contributed by atoms with van der Waals surface area (Å²) < 4.78 is 2.21. The number of anilines is 1. The number of hydrogen-bond acceptors (Lipinski definition) is 3. The summed E-state index contributed by atoms with van der Waals surface area (Å²) in [5.41, 5.74) is 6.13. The third kappa shape index (κ3) is 2.95. The molecule has 2 aromatic heterocycles. The minimum absolute atomic E-state index is 0.305. The Morgan fingerprint density at radius 2 is 1.82 bits per heavy atom. The van der Waals surface area contributed by atoms with E-state index >= 15 is 0 Å². The van der Waals surface area contributed by atoms with Crippen molar-refractivity contribution in [2.75, 3.05) is 5.32 Å². The fraction of sp³-hybridized carbons (Fsp3) is 0.250. The van der Waals surface area contributed by atoms with Crippen LogP contribution in [0.5, 0.6) is 0 Å². The molecule has 28 heavy (non-hydrogen) atoms. The van der Waals surface area contributed by atoms with E-state index in [9.17, 15) is 0 Å². The van der Waals surface area contributed by atoms with Crippen molar-refractivity contribution >= 4 is 16.7 Å². The SMILES string of the molecule is Cc1nc(N[C@@H]2CCCc3ccccc32)cc(-c2cc3ccccc3n2C)n1. The minimum atomic E-state index is 0.305. The molecular formula is C24H24N4. The van der Waals surface area contributed by atoms with E-state index in [-0.39, 0.29) is 0 Å². The summed E-state index contributed by atoms with van der Waals surface area (Å²) in [6.07, 6.45) is 3.50. The van der Waals surface area contributed by atoms with Crippen LogP contribution in [-0.4, -0.2) is 14.5 Å². The highest BCUT2D eigenvalue weighted by Crippen LogP contribution is 2.33. The molecule has 0 saturated heterocycles. The van der Waals surface area contributed by atoms with Gasteiger partial charge in [0.2, 0.25) is 0 Å². The lowest BCUT2D eigenvalue weighted by Crippen LogP contribution is -2.18. The van der Waals surface area contributed by atoms with Gasteiger partial charge in [0.15, 0.2) is 0 Å². The Morgan fingerprint density at radius 1 is 1.00 bits per heavy atom. The standard InChI is InChI=1S/C24H24N4/c1-16-25-21(23-14-18-9-4-6-13-22(18)28(23)2)15-24(26-16)27-20-12-7-10-17-8-3-5-11-19(17)20/h3-6,8-9,11,13-15,20H,7,10,12H2,1-2H3,(H,25,26,27)/t20-/m1/s1. The van der Waals surface area contributed by atoms with Gasteiger partial charge < -0.3 is 9.88 Å². The highest BCUT2D eigenvalue weighted by atomic mass is 15.1. The second kappa shape index (κ2) is 6.79. The number of rotatable bonds is 3. The number of aromatic nitrogens is 3. The first-order valence-electron chi connectivity index (χ1n) is 9.94. The predicted octanol–water partition coefficient (Wildman–Crippen LogP) is 5.43. The number of nitrogens with zero attached hydrogens (tertiary/aromatic N) is 3. The zero-order chi connectivity index (χ0) is 19.1. The maximum atomic E-state index is 4.73. The van der Waals surface area contributed by atoms with E-state index < -0.39 is 0 Å². The van der Waals surface area contributed by atoms with Crippen LogP contribution < -0.4 is 5.32 Å². The normalized spacial score (nSPS) is 16.1. The Balaban J connectivity index is 1.53. The smallest absolute Gasteiger partial charge is 0.130 e. The maximum absolute atomic E-state index is 4.73. The van der Waals surface area contributed by atoms with Crippen molar-refractivity contribution in [3.05, 3.63) is 77.6 Å². The van der Waals surface area contributed by atoms with E-state index in [0.29, 0.717) is 6.04 Å². The van der Waals surface area contributed by atoms with Crippen molar-refractivity contribution in [3.8, 4) is 11.4 Å². The zero-order valence-corrected chi connectivity index (χ0v) is 16.3. The van der Waals surface area contributed by atoms with Gasteiger partial charge in [-0.3, -0.25) is 0 Å². The van der Waals surface area contributed by atoms with Gasteiger partial charge in [-0.25, -0.2) is 9.97 Å². The number of fused-ring (bicyclic) bond motifs is 2. The van der Waals surface area contributed by atoms with Crippen LogP contribution in [0.15, 0.2) is 60.7 Å². The van der Waals surface area contributed by atoms with Crippen LogP contribution in [0.4, 0.5) is 5.82 Å². The summed E-state index contributed by atoms with van der Waals surface area (Å²) in [5, 5.41) is 4.91. The third-order valence-electron chi connectivity index (χ3n) is 5.74. The average Bonchev–Trinajstić information content (AvgIpc) is 3.05. The molecule has 1 atom stereocenters. The van der Waals surface area contributed by atoms with Gasteiger partial charge in [0.05, 0.1) is 17.4 Å². The van der Waals surface area contributed by atoms with Gasteiger partial charge in [-0.2, -0.15) is 0 Å². The maximum Gasteiger partial charge on any atom is 0.130 e. The molecule has 1 aliphatic carbocycles. The molecule has 0 radical (unpaired) electrons. The lowest BCUT2D eigenvalue weighted by molar-refractivity contribution is 0.598. The molecule has 4 aromatic rings. The summed E-state index contributed by atoms with van der Waals surface area (Å²) in [5.74, 6) is 1.68. The second-order valence-electron chi connectivity index (χ2n) is 7.62. The molecule has 1 N–H and O–H groups in total. The van der Waals surface area contributed by atoms with E-state index in [0.717, 1.165) is 29.5 Å². The van der Waals surface area contributed by atoms with Crippen molar-refractivity contribution in [2.45, 2.75) is 32.2 Å². The van der Waals surface area contributed by atoms with Gasteiger partial charge in [0.25, 0.3) is 0 Å². The first kappa shape index (κ1) is 17.0. The van der Waals surface area contributed by atoms with Crippen LogP contribution in [0.1, 0.15) is 35.8 Å². The first-order valence-corrected chi connectivity index (χ1v) is 9.94. The zero-order valence-electron chi connectivity index (χ0n) is 16.3. The number of nitrogens with one attached hydrogen (secondary N) is 1. The first-order chi connectivity index (χ1) is 13.7. The molecule has 140 valence electrons. The van der Waals surface area contributed by atoms with Crippen molar-refractivity contribution in [3.63, 3.8) is 0 Å². The molecule has 2 heterocycles. The molecule has 0 unspecified atom stereocenters. The summed E-state index contributed by atoms with van der Waals surface area (Å²) in [6.45, 7) is 1.96. The lowest BCUT2D eigenvalue weighted by atomic mass is 9.88. The van der Waals surface area contributed by atoms with Gasteiger partial charge in [0, 0.05) is 24.0 Å². The molecule has 0 aliphatic heterocycles. The Labute approximate surface area is 165 Å². The highest BCUT2D eigenvalue weighted by Gasteiger charge is 2.20. The van der Waals surface area contributed by atoms with Gasteiger partial charge in [0.1, 0.15) is 11.6 Å². The Hall–Kier alpha value is -3.14. The van der Waals surface area contributed by atoms with E-state index in [1.807, 2.05) is 6.92 Å². The summed E-state index contributed by atoms with van der Waals surface area (Å²) in [4.78, 5) is 9.40. The molecule has 0 saturated carbocycles. The van der Waals surface area contributed by atoms with Crippen molar-refractivity contribution in [1.29, 1.82) is 0 Å². The Morgan fingerprint density at radius 3 is 2.71 bits per heavy atom. The van der Waals surface area contributed by atoms with E-state index in [1.54, 1.807) is 0 Å². The third-order valence-corrected chi connectivity index (χ3v) is 5.74. The number of benzene rings is 2. The second-order valence-corrected chi connectivity index (χ2v) is 7.62. The molecule has 0 fully saturated rings. The van der Waals surface area contributed by atoms with Crippen LogP contribution >= 0.6 is 0 Å². The average molecular weight is 368 g/mol. The van der Waals surface area contributed by atoms with Crippen molar-refractivity contribution < 1.29 is 0 Å². The number of aryl methyl sites for hydroxylation is 3. The molecule has 4 heteroatoms. The van der Waals surface area contributed by atoms with Crippen molar-refractivity contribution in [1.82, 2.24) is 14.5 Å². The summed E-state index contributed by atoms with van der Waals surface area (Å²) >= 11 is 0. The quantitative estimate of drug-likeness (QED) is 0.524. The van der Waals surface area contributed by atoms with Gasteiger partial charge in [-0.1, -0.05) is 42.5 Å². The largest absolute Gasteiger partial charge is 0.363 e.